The molecule has 0 amide bonds. The summed E-state index contributed by atoms with van der Waals surface area (Å²) < 4.78 is 17.5. The van der Waals surface area contributed by atoms with E-state index in [2.05, 4.69) is 96.8 Å². The normalized spacial score (nSPS) is 24.9. The van der Waals surface area contributed by atoms with Crippen molar-refractivity contribution in [3.63, 3.8) is 0 Å². The third kappa shape index (κ3) is 4.11. The van der Waals surface area contributed by atoms with E-state index in [0.717, 1.165) is 39.1 Å². The SMILES string of the molecule is CC12OCC(CCCC=P(c3ccccc3)(c3ccccc3)c3ccccc3)(CO1)CO2. The zero-order chi connectivity index (χ0) is 21.9. The van der Waals surface area contributed by atoms with Gasteiger partial charge in [0, 0.05) is 12.3 Å². The van der Waals surface area contributed by atoms with E-state index in [4.69, 9.17) is 14.2 Å². The number of hydrogen-bond acceptors (Lipinski definition) is 3. The molecule has 3 aliphatic heterocycles. The molecule has 6 rings (SSSR count). The molecule has 3 aliphatic rings. The fourth-order valence-electron chi connectivity index (χ4n) is 4.83. The van der Waals surface area contributed by atoms with Crippen LogP contribution in [-0.2, 0) is 14.2 Å². The first-order valence-electron chi connectivity index (χ1n) is 11.5. The molecule has 3 aromatic carbocycles. The van der Waals surface area contributed by atoms with Crippen molar-refractivity contribution in [2.75, 3.05) is 19.8 Å². The Kier molecular flexibility index (Phi) is 6.09. The predicted octanol–water partition coefficient (Wildman–Crippen LogP) is 4.69. The number of benzene rings is 3. The van der Waals surface area contributed by atoms with E-state index in [1.165, 1.54) is 15.9 Å². The molecule has 4 heteroatoms. The maximum Gasteiger partial charge on any atom is 0.279 e. The summed E-state index contributed by atoms with van der Waals surface area (Å²) in [5.41, 5.74) is -0.0149. The maximum atomic E-state index is 5.83. The van der Waals surface area contributed by atoms with Crippen LogP contribution < -0.4 is 15.9 Å². The molecule has 32 heavy (non-hydrogen) atoms. The Labute approximate surface area is 191 Å². The number of unbranched alkanes of at least 4 members (excludes halogenated alkanes) is 1. The Bertz CT molecular complexity index is 951. The number of ether oxygens (including phenoxy) is 3. The zero-order valence-electron chi connectivity index (χ0n) is 18.7. The second-order valence-corrected chi connectivity index (χ2v) is 12.4. The van der Waals surface area contributed by atoms with E-state index in [1.807, 2.05) is 6.92 Å². The van der Waals surface area contributed by atoms with Gasteiger partial charge in [-0.3, -0.25) is 0 Å². The third-order valence-corrected chi connectivity index (χ3v) is 10.9. The summed E-state index contributed by atoms with van der Waals surface area (Å²) in [6.07, 6.45) is 3.16. The smallest absolute Gasteiger partial charge is 0.279 e. The van der Waals surface area contributed by atoms with Crippen LogP contribution in [0, 0.1) is 5.41 Å². The van der Waals surface area contributed by atoms with Crippen LogP contribution in [0.25, 0.3) is 0 Å². The van der Waals surface area contributed by atoms with Gasteiger partial charge in [-0.15, -0.1) is 0 Å². The van der Waals surface area contributed by atoms with E-state index in [-0.39, 0.29) is 5.41 Å². The standard InChI is InChI=1S/C28H31O3P/c1-27-29-21-28(22-30-27,23-31-27)19-11-12-20-32(24-13-5-2-6-14-24,25-15-7-3-8-16-25)26-17-9-4-10-18-26/h2-10,13-18,20H,11-12,19,21-23H2,1H3. The molecule has 0 saturated carbocycles. The first-order chi connectivity index (χ1) is 15.6. The van der Waals surface area contributed by atoms with E-state index in [0.29, 0.717) is 0 Å². The van der Waals surface area contributed by atoms with Crippen molar-refractivity contribution in [3.8, 4) is 0 Å². The van der Waals surface area contributed by atoms with Crippen molar-refractivity contribution in [2.45, 2.75) is 32.2 Å². The first-order valence-corrected chi connectivity index (χ1v) is 13.3. The minimum absolute atomic E-state index is 0.0149. The van der Waals surface area contributed by atoms with Crippen molar-refractivity contribution in [2.24, 2.45) is 5.41 Å². The molecule has 0 atom stereocenters. The number of rotatable bonds is 7. The molecule has 0 spiro atoms. The van der Waals surface area contributed by atoms with Gasteiger partial charge in [0.1, 0.15) is 0 Å². The van der Waals surface area contributed by atoms with Crippen LogP contribution in [0.2, 0.25) is 0 Å². The lowest BCUT2D eigenvalue weighted by Gasteiger charge is -2.50. The monoisotopic (exact) mass is 446 g/mol. The Balaban J connectivity index is 1.49. The zero-order valence-corrected chi connectivity index (χ0v) is 19.5. The summed E-state index contributed by atoms with van der Waals surface area (Å²) in [5.74, 6) is 1.78. The number of hydrogen-bond donors (Lipinski definition) is 0. The molecule has 0 unspecified atom stereocenters. The van der Waals surface area contributed by atoms with Crippen molar-refractivity contribution in [1.29, 1.82) is 0 Å². The minimum Gasteiger partial charge on any atom is -0.327 e. The van der Waals surface area contributed by atoms with Crippen molar-refractivity contribution in [1.82, 2.24) is 0 Å². The van der Waals surface area contributed by atoms with E-state index in [9.17, 15) is 0 Å². The maximum absolute atomic E-state index is 5.83. The van der Waals surface area contributed by atoms with Gasteiger partial charge >= 0.3 is 0 Å². The highest BCUT2D eigenvalue weighted by Gasteiger charge is 2.49. The Morgan fingerprint density at radius 1 is 0.688 bits per heavy atom. The molecule has 166 valence electrons. The highest BCUT2D eigenvalue weighted by Crippen LogP contribution is 2.45. The Morgan fingerprint density at radius 2 is 1.09 bits per heavy atom. The summed E-state index contributed by atoms with van der Waals surface area (Å²) in [4.78, 5) is 0. The molecule has 3 nitrogen and oxygen atoms in total. The van der Waals surface area contributed by atoms with Crippen molar-refractivity contribution < 1.29 is 14.2 Å². The van der Waals surface area contributed by atoms with Crippen LogP contribution in [0.4, 0.5) is 0 Å². The number of fused-ring (bicyclic) bond motifs is 3. The molecule has 0 aliphatic carbocycles. The second kappa shape index (κ2) is 9.00. The van der Waals surface area contributed by atoms with Gasteiger partial charge in [0.2, 0.25) is 0 Å². The minimum atomic E-state index is -1.87. The molecule has 0 N–H and O–H groups in total. The molecular formula is C28H31O3P. The van der Waals surface area contributed by atoms with Crippen molar-refractivity contribution in [3.05, 3.63) is 91.0 Å². The van der Waals surface area contributed by atoms with Gasteiger partial charge in [-0.25, -0.2) is 0 Å². The summed E-state index contributed by atoms with van der Waals surface area (Å²) in [6, 6.07) is 33.0. The molecule has 3 saturated heterocycles. The van der Waals surface area contributed by atoms with E-state index < -0.39 is 12.9 Å². The third-order valence-electron chi connectivity index (χ3n) is 6.73. The fraction of sp³-hybridized carbons (Fsp3) is 0.321. The largest absolute Gasteiger partial charge is 0.327 e. The average molecular weight is 447 g/mol. The van der Waals surface area contributed by atoms with E-state index in [1.54, 1.807) is 0 Å². The van der Waals surface area contributed by atoms with Gasteiger partial charge in [0.05, 0.1) is 19.8 Å². The molecule has 3 heterocycles. The molecule has 0 radical (unpaired) electrons. The predicted molar refractivity (Wildman–Crippen MR) is 134 cm³/mol. The van der Waals surface area contributed by atoms with Crippen LogP contribution in [0.3, 0.4) is 0 Å². The lowest BCUT2D eigenvalue weighted by atomic mass is 9.83. The van der Waals surface area contributed by atoms with Crippen molar-refractivity contribution >= 4 is 28.6 Å². The van der Waals surface area contributed by atoms with Gasteiger partial charge in [-0.05, 0) is 42.1 Å². The summed E-state index contributed by atoms with van der Waals surface area (Å²) in [5, 5.41) is 4.20. The van der Waals surface area contributed by atoms with Gasteiger partial charge in [0.15, 0.2) is 0 Å². The van der Waals surface area contributed by atoms with E-state index >= 15 is 0 Å². The highest BCUT2D eigenvalue weighted by molar-refractivity contribution is 7.94. The van der Waals surface area contributed by atoms with Crippen LogP contribution in [0.15, 0.2) is 91.0 Å². The summed E-state index contributed by atoms with van der Waals surface area (Å²) in [6.45, 7) is 2.16. The van der Waals surface area contributed by atoms with Gasteiger partial charge in [-0.2, -0.15) is 0 Å². The lowest BCUT2D eigenvalue weighted by molar-refractivity contribution is -0.460. The van der Waals surface area contributed by atoms with Crippen LogP contribution >= 0.6 is 6.89 Å². The lowest BCUT2D eigenvalue weighted by Crippen LogP contribution is -2.58. The molecule has 2 bridgehead atoms. The molecule has 3 aromatic rings. The summed E-state index contributed by atoms with van der Waals surface area (Å²) >= 11 is 0. The molecule has 3 fully saturated rings. The Hall–Kier alpha value is -2.16. The Morgan fingerprint density at radius 3 is 1.50 bits per heavy atom. The van der Waals surface area contributed by atoms with Crippen LogP contribution in [0.1, 0.15) is 26.2 Å². The quantitative estimate of drug-likeness (QED) is 0.389. The van der Waals surface area contributed by atoms with Gasteiger partial charge < -0.3 is 14.2 Å². The van der Waals surface area contributed by atoms with Crippen LogP contribution in [0.5, 0.6) is 0 Å². The van der Waals surface area contributed by atoms with Gasteiger partial charge in [-0.1, -0.05) is 96.8 Å². The topological polar surface area (TPSA) is 27.7 Å². The van der Waals surface area contributed by atoms with Crippen LogP contribution in [-0.4, -0.2) is 31.6 Å². The molecule has 0 aromatic heterocycles. The molecular weight excluding hydrogens is 415 g/mol. The second-order valence-electron chi connectivity index (χ2n) is 9.03. The average Bonchev–Trinajstić information content (AvgIpc) is 2.87. The fourth-order valence-corrected chi connectivity index (χ4v) is 8.86. The summed E-state index contributed by atoms with van der Waals surface area (Å²) in [7, 11) is 0. The first kappa shape index (κ1) is 21.7. The van der Waals surface area contributed by atoms with Gasteiger partial charge in [0.25, 0.3) is 5.97 Å². The highest BCUT2D eigenvalue weighted by atomic mass is 31.2.